The largest absolute Gasteiger partial charge is 0.396 e. The van der Waals surface area contributed by atoms with Gasteiger partial charge in [0.2, 0.25) is 0 Å². The zero-order valence-electron chi connectivity index (χ0n) is 4.52. The van der Waals surface area contributed by atoms with Gasteiger partial charge in [-0.05, 0) is 6.42 Å². The van der Waals surface area contributed by atoms with Gasteiger partial charge in [0.05, 0.1) is 0 Å². The van der Waals surface area contributed by atoms with E-state index in [2.05, 4.69) is 5.92 Å². The number of hydrogen-bond acceptors (Lipinski definition) is 1. The van der Waals surface area contributed by atoms with Crippen LogP contribution in [0.25, 0.3) is 0 Å². The number of terminal acetylenes is 1. The van der Waals surface area contributed by atoms with Crippen LogP contribution >= 0.6 is 0 Å². The van der Waals surface area contributed by atoms with Gasteiger partial charge in [-0.3, -0.25) is 0 Å². The van der Waals surface area contributed by atoms with Crippen molar-refractivity contribution in [2.24, 2.45) is 5.92 Å². The molecule has 0 aromatic heterocycles. The highest BCUT2D eigenvalue weighted by Gasteiger charge is 1.90. The maximum atomic E-state index is 8.27. The molecular formula is C6H10O. The number of rotatable bonds is 2. The zero-order valence-corrected chi connectivity index (χ0v) is 4.52. The Labute approximate surface area is 44.4 Å². The van der Waals surface area contributed by atoms with Gasteiger partial charge in [-0.1, -0.05) is 6.92 Å². The molecule has 0 aliphatic rings. The van der Waals surface area contributed by atoms with Gasteiger partial charge in [-0.2, -0.15) is 0 Å². The summed E-state index contributed by atoms with van der Waals surface area (Å²) >= 11 is 0. The highest BCUT2D eigenvalue weighted by atomic mass is 16.2. The summed E-state index contributed by atoms with van der Waals surface area (Å²) < 4.78 is 0. The van der Waals surface area contributed by atoms with Crippen molar-refractivity contribution in [2.75, 3.05) is 6.61 Å². The van der Waals surface area contributed by atoms with Crippen molar-refractivity contribution >= 4 is 0 Å². The Balaban J connectivity index is 3.04. The topological polar surface area (TPSA) is 20.2 Å². The molecule has 1 nitrogen and oxygen atoms in total. The first-order valence-electron chi connectivity index (χ1n) is 2.38. The predicted molar refractivity (Wildman–Crippen MR) is 29.7 cm³/mol. The zero-order chi connectivity index (χ0) is 5.70. The highest BCUT2D eigenvalue weighted by molar-refractivity contribution is 4.89. The van der Waals surface area contributed by atoms with E-state index < -0.39 is 0 Å². The van der Waals surface area contributed by atoms with Crippen LogP contribution in [0.3, 0.4) is 0 Å². The smallest absolute Gasteiger partial charge is 0.0442 e. The highest BCUT2D eigenvalue weighted by Crippen LogP contribution is 1.95. The lowest BCUT2D eigenvalue weighted by atomic mass is 10.1. The molecule has 1 heteroatoms. The van der Waals surface area contributed by atoms with Crippen molar-refractivity contribution < 1.29 is 5.11 Å². The number of hydrogen-bond donors (Lipinski definition) is 1. The molecule has 1 N–H and O–H groups in total. The summed E-state index contributed by atoms with van der Waals surface area (Å²) in [5.74, 6) is 2.73. The molecular weight excluding hydrogens is 88.1 g/mol. The molecule has 0 aromatic rings. The van der Waals surface area contributed by atoms with Crippen LogP contribution in [0.1, 0.15) is 13.3 Å². The fourth-order valence-electron chi connectivity index (χ4n) is 0.277. The van der Waals surface area contributed by atoms with Gasteiger partial charge in [0.1, 0.15) is 0 Å². The van der Waals surface area contributed by atoms with Crippen LogP contribution in [0.2, 0.25) is 0 Å². The first-order valence-corrected chi connectivity index (χ1v) is 2.38. The normalized spacial score (nSPS) is 12.7. The minimum Gasteiger partial charge on any atom is -0.396 e. The Hall–Kier alpha value is -0.480. The Morgan fingerprint density at radius 2 is 2.43 bits per heavy atom. The van der Waals surface area contributed by atoms with Crippen LogP contribution in [-0.4, -0.2) is 11.7 Å². The molecule has 0 fully saturated rings. The molecule has 40 valence electrons. The van der Waals surface area contributed by atoms with Crippen LogP contribution in [0.15, 0.2) is 0 Å². The second-order valence-electron chi connectivity index (χ2n) is 1.58. The quantitative estimate of drug-likeness (QED) is 0.502. The molecule has 0 spiro atoms. The lowest BCUT2D eigenvalue weighted by molar-refractivity contribution is 0.276. The van der Waals surface area contributed by atoms with Crippen molar-refractivity contribution in [3.8, 4) is 12.3 Å². The lowest BCUT2D eigenvalue weighted by Gasteiger charge is -1.95. The van der Waals surface area contributed by atoms with Crippen molar-refractivity contribution in [1.29, 1.82) is 0 Å². The molecule has 0 bridgehead atoms. The minimum absolute atomic E-state index is 0.200. The van der Waals surface area contributed by atoms with E-state index in [1.165, 1.54) is 0 Å². The van der Waals surface area contributed by atoms with E-state index in [1.54, 1.807) is 0 Å². The van der Waals surface area contributed by atoms with E-state index >= 15 is 0 Å². The maximum absolute atomic E-state index is 8.27. The lowest BCUT2D eigenvalue weighted by Crippen LogP contribution is -1.92. The standard InChI is InChI=1S/C6H10O/c1-3-6(2)4-5-7/h1,6-7H,4-5H2,2H3. The molecule has 0 heterocycles. The molecule has 0 radical (unpaired) electrons. The molecule has 0 saturated carbocycles. The van der Waals surface area contributed by atoms with Crippen molar-refractivity contribution in [3.05, 3.63) is 0 Å². The molecule has 0 aliphatic heterocycles. The van der Waals surface area contributed by atoms with Gasteiger partial charge in [-0.15, -0.1) is 12.3 Å². The van der Waals surface area contributed by atoms with E-state index in [0.717, 1.165) is 6.42 Å². The van der Waals surface area contributed by atoms with Gasteiger partial charge in [0, 0.05) is 12.5 Å². The third-order valence-electron chi connectivity index (χ3n) is 0.847. The summed E-state index contributed by atoms with van der Waals surface area (Å²) in [6.07, 6.45) is 5.72. The minimum atomic E-state index is 0.200. The summed E-state index contributed by atoms with van der Waals surface area (Å²) in [5, 5.41) is 8.27. The summed E-state index contributed by atoms with van der Waals surface area (Å²) in [6, 6.07) is 0. The molecule has 0 saturated heterocycles. The molecule has 0 aliphatic carbocycles. The van der Waals surface area contributed by atoms with Crippen molar-refractivity contribution in [3.63, 3.8) is 0 Å². The fraction of sp³-hybridized carbons (Fsp3) is 0.667. The maximum Gasteiger partial charge on any atom is 0.0442 e. The van der Waals surface area contributed by atoms with Crippen LogP contribution in [-0.2, 0) is 0 Å². The van der Waals surface area contributed by atoms with Crippen molar-refractivity contribution in [1.82, 2.24) is 0 Å². The van der Waals surface area contributed by atoms with E-state index in [1.807, 2.05) is 6.92 Å². The molecule has 1 unspecified atom stereocenters. The third kappa shape index (κ3) is 3.35. The molecule has 0 rings (SSSR count). The second-order valence-corrected chi connectivity index (χ2v) is 1.58. The SMILES string of the molecule is C#CC(C)CCO. The Morgan fingerprint density at radius 3 is 2.57 bits per heavy atom. The predicted octanol–water partition coefficient (Wildman–Crippen LogP) is 0.638. The Morgan fingerprint density at radius 1 is 1.86 bits per heavy atom. The van der Waals surface area contributed by atoms with Crippen molar-refractivity contribution in [2.45, 2.75) is 13.3 Å². The summed E-state index contributed by atoms with van der Waals surface area (Å²) in [5.41, 5.74) is 0. The van der Waals surface area contributed by atoms with Gasteiger partial charge < -0.3 is 5.11 Å². The van der Waals surface area contributed by atoms with Crippen LogP contribution in [0.4, 0.5) is 0 Å². The van der Waals surface area contributed by atoms with E-state index in [0.29, 0.717) is 0 Å². The average Bonchev–Trinajstić information content (AvgIpc) is 1.68. The Bertz CT molecular complexity index is 70.7. The number of aliphatic hydroxyl groups excluding tert-OH is 1. The van der Waals surface area contributed by atoms with Crippen LogP contribution in [0.5, 0.6) is 0 Å². The average molecular weight is 98.1 g/mol. The van der Waals surface area contributed by atoms with E-state index in [4.69, 9.17) is 11.5 Å². The third-order valence-corrected chi connectivity index (χ3v) is 0.847. The monoisotopic (exact) mass is 98.1 g/mol. The summed E-state index contributed by atoms with van der Waals surface area (Å²) in [4.78, 5) is 0. The molecule has 1 atom stereocenters. The van der Waals surface area contributed by atoms with Gasteiger partial charge in [0.15, 0.2) is 0 Å². The molecule has 0 amide bonds. The first-order chi connectivity index (χ1) is 3.31. The van der Waals surface area contributed by atoms with Gasteiger partial charge in [0.25, 0.3) is 0 Å². The Kier molecular flexibility index (Phi) is 3.45. The molecule has 0 aromatic carbocycles. The molecule has 7 heavy (non-hydrogen) atoms. The number of aliphatic hydroxyl groups is 1. The van der Waals surface area contributed by atoms with Gasteiger partial charge in [-0.25, -0.2) is 0 Å². The summed E-state index contributed by atoms with van der Waals surface area (Å²) in [7, 11) is 0. The van der Waals surface area contributed by atoms with Gasteiger partial charge >= 0.3 is 0 Å². The summed E-state index contributed by atoms with van der Waals surface area (Å²) in [6.45, 7) is 2.11. The van der Waals surface area contributed by atoms with E-state index in [-0.39, 0.29) is 12.5 Å². The fourth-order valence-corrected chi connectivity index (χ4v) is 0.277. The second kappa shape index (κ2) is 3.70. The van der Waals surface area contributed by atoms with Crippen LogP contribution < -0.4 is 0 Å². The first kappa shape index (κ1) is 6.52. The van der Waals surface area contributed by atoms with Crippen LogP contribution in [0, 0.1) is 18.3 Å². The van der Waals surface area contributed by atoms with E-state index in [9.17, 15) is 0 Å².